The molecule has 0 N–H and O–H groups in total. The van der Waals surface area contributed by atoms with Gasteiger partial charge < -0.3 is 9.47 Å². The van der Waals surface area contributed by atoms with Crippen LogP contribution in [0, 0.1) is 0 Å². The molecule has 1 heterocycles. The van der Waals surface area contributed by atoms with Crippen LogP contribution in [0.3, 0.4) is 0 Å². The van der Waals surface area contributed by atoms with E-state index in [1.165, 1.54) is 0 Å². The molecule has 3 heteroatoms. The summed E-state index contributed by atoms with van der Waals surface area (Å²) in [5.74, 6) is 2.27. The average Bonchev–Trinajstić information content (AvgIpc) is 2.14. The van der Waals surface area contributed by atoms with E-state index in [1.807, 2.05) is 25.6 Å². The van der Waals surface area contributed by atoms with Gasteiger partial charge in [-0.1, -0.05) is 0 Å². The maximum Gasteiger partial charge on any atom is 0.158 e. The lowest BCUT2D eigenvalue weighted by molar-refractivity contribution is -0.158. The Hall–Kier alpha value is 0.270. The summed E-state index contributed by atoms with van der Waals surface area (Å²) in [4.78, 5) is 0. The molecule has 1 rings (SSSR count). The van der Waals surface area contributed by atoms with Gasteiger partial charge in [0.15, 0.2) is 6.29 Å². The smallest absolute Gasteiger partial charge is 0.158 e. The van der Waals surface area contributed by atoms with Crippen molar-refractivity contribution in [2.75, 3.05) is 18.1 Å². The van der Waals surface area contributed by atoms with E-state index < -0.39 is 0 Å². The van der Waals surface area contributed by atoms with Crippen LogP contribution in [0.1, 0.15) is 20.3 Å². The van der Waals surface area contributed by atoms with Gasteiger partial charge in [-0.05, 0) is 19.6 Å². The van der Waals surface area contributed by atoms with E-state index >= 15 is 0 Å². The van der Waals surface area contributed by atoms with Gasteiger partial charge in [0.1, 0.15) is 0 Å². The summed E-state index contributed by atoms with van der Waals surface area (Å²) in [6.45, 7) is 4.92. The Labute approximate surface area is 72.6 Å². The molecule has 0 aromatic rings. The van der Waals surface area contributed by atoms with Crippen LogP contribution in [-0.2, 0) is 9.47 Å². The third-order valence-electron chi connectivity index (χ3n) is 1.45. The zero-order valence-corrected chi connectivity index (χ0v) is 8.02. The third kappa shape index (κ3) is 3.99. The van der Waals surface area contributed by atoms with Crippen LogP contribution in [0.5, 0.6) is 0 Å². The Morgan fingerprint density at radius 1 is 1.45 bits per heavy atom. The van der Waals surface area contributed by atoms with Gasteiger partial charge in [-0.2, -0.15) is 11.8 Å². The van der Waals surface area contributed by atoms with E-state index in [2.05, 4.69) is 0 Å². The SMILES string of the molecule is CC(C)OC1CCSCCO1. The summed E-state index contributed by atoms with van der Waals surface area (Å²) >= 11 is 1.94. The quantitative estimate of drug-likeness (QED) is 0.640. The number of rotatable bonds is 2. The highest BCUT2D eigenvalue weighted by Crippen LogP contribution is 2.14. The first-order valence-corrected chi connectivity index (χ1v) is 5.29. The van der Waals surface area contributed by atoms with Gasteiger partial charge in [-0.3, -0.25) is 0 Å². The minimum absolute atomic E-state index is 0.0463. The summed E-state index contributed by atoms with van der Waals surface area (Å²) in [5.41, 5.74) is 0. The molecule has 1 atom stereocenters. The van der Waals surface area contributed by atoms with Gasteiger partial charge in [0.05, 0.1) is 12.7 Å². The molecule has 0 radical (unpaired) electrons. The molecule has 66 valence electrons. The molecule has 0 aromatic carbocycles. The maximum absolute atomic E-state index is 5.54. The van der Waals surface area contributed by atoms with Crippen molar-refractivity contribution in [3.8, 4) is 0 Å². The predicted molar refractivity (Wildman–Crippen MR) is 47.9 cm³/mol. The van der Waals surface area contributed by atoms with E-state index in [9.17, 15) is 0 Å². The van der Waals surface area contributed by atoms with Crippen molar-refractivity contribution >= 4 is 11.8 Å². The molecule has 0 amide bonds. The number of hydrogen-bond donors (Lipinski definition) is 0. The van der Waals surface area contributed by atoms with E-state index in [1.54, 1.807) is 0 Å². The second-order valence-corrected chi connectivity index (χ2v) is 4.11. The zero-order chi connectivity index (χ0) is 8.10. The van der Waals surface area contributed by atoms with Crippen molar-refractivity contribution < 1.29 is 9.47 Å². The van der Waals surface area contributed by atoms with Crippen molar-refractivity contribution in [3.63, 3.8) is 0 Å². The lowest BCUT2D eigenvalue weighted by Gasteiger charge is -2.17. The van der Waals surface area contributed by atoms with Crippen LogP contribution in [0.25, 0.3) is 0 Å². The van der Waals surface area contributed by atoms with Crippen LogP contribution in [0.4, 0.5) is 0 Å². The predicted octanol–water partition coefficient (Wildman–Crippen LogP) is 1.89. The molecule has 11 heavy (non-hydrogen) atoms. The van der Waals surface area contributed by atoms with Crippen LogP contribution in [0.15, 0.2) is 0 Å². The Balaban J connectivity index is 2.20. The minimum atomic E-state index is 0.0463. The first-order valence-electron chi connectivity index (χ1n) is 4.14. The fourth-order valence-electron chi connectivity index (χ4n) is 1.01. The van der Waals surface area contributed by atoms with Crippen molar-refractivity contribution in [3.05, 3.63) is 0 Å². The van der Waals surface area contributed by atoms with Crippen molar-refractivity contribution in [2.45, 2.75) is 32.7 Å². The molecule has 1 fully saturated rings. The summed E-state index contributed by atoms with van der Waals surface area (Å²) in [5, 5.41) is 0. The van der Waals surface area contributed by atoms with E-state index in [4.69, 9.17) is 9.47 Å². The molecular formula is C8H16O2S. The minimum Gasteiger partial charge on any atom is -0.352 e. The third-order valence-corrected chi connectivity index (χ3v) is 2.43. The summed E-state index contributed by atoms with van der Waals surface area (Å²) < 4.78 is 11.0. The highest BCUT2D eigenvalue weighted by Gasteiger charge is 2.13. The Morgan fingerprint density at radius 3 is 3.00 bits per heavy atom. The van der Waals surface area contributed by atoms with E-state index in [-0.39, 0.29) is 12.4 Å². The second-order valence-electron chi connectivity index (χ2n) is 2.89. The van der Waals surface area contributed by atoms with E-state index in [0.29, 0.717) is 0 Å². The summed E-state index contributed by atoms with van der Waals surface area (Å²) in [6.07, 6.45) is 1.36. The van der Waals surface area contributed by atoms with Gasteiger partial charge in [0.2, 0.25) is 0 Å². The summed E-state index contributed by atoms with van der Waals surface area (Å²) in [7, 11) is 0. The topological polar surface area (TPSA) is 18.5 Å². The molecule has 2 nitrogen and oxygen atoms in total. The lowest BCUT2D eigenvalue weighted by Crippen LogP contribution is -2.21. The molecule has 1 aliphatic rings. The average molecular weight is 176 g/mol. The Bertz CT molecular complexity index is 98.3. The summed E-state index contributed by atoms with van der Waals surface area (Å²) in [6, 6.07) is 0. The van der Waals surface area contributed by atoms with E-state index in [0.717, 1.165) is 24.5 Å². The van der Waals surface area contributed by atoms with Crippen LogP contribution < -0.4 is 0 Å². The molecule has 0 aromatic heterocycles. The number of thioether (sulfide) groups is 1. The number of ether oxygens (including phenoxy) is 2. The Kier molecular flexibility index (Phi) is 4.26. The zero-order valence-electron chi connectivity index (χ0n) is 7.21. The molecular weight excluding hydrogens is 160 g/mol. The lowest BCUT2D eigenvalue weighted by atomic mass is 10.4. The Morgan fingerprint density at radius 2 is 2.27 bits per heavy atom. The molecule has 0 bridgehead atoms. The van der Waals surface area contributed by atoms with Crippen LogP contribution in [-0.4, -0.2) is 30.5 Å². The molecule has 1 unspecified atom stereocenters. The van der Waals surface area contributed by atoms with Gasteiger partial charge in [0, 0.05) is 12.2 Å². The first-order chi connectivity index (χ1) is 5.29. The van der Waals surface area contributed by atoms with Gasteiger partial charge in [-0.15, -0.1) is 0 Å². The standard InChI is InChI=1S/C8H16O2S/c1-7(2)10-8-3-5-11-6-4-9-8/h7-8H,3-6H2,1-2H3. The van der Waals surface area contributed by atoms with Crippen LogP contribution in [0.2, 0.25) is 0 Å². The molecule has 0 spiro atoms. The fraction of sp³-hybridized carbons (Fsp3) is 1.00. The van der Waals surface area contributed by atoms with Crippen molar-refractivity contribution in [1.82, 2.24) is 0 Å². The first kappa shape index (κ1) is 9.36. The molecule has 0 saturated carbocycles. The number of hydrogen-bond acceptors (Lipinski definition) is 3. The fourth-order valence-corrected chi connectivity index (χ4v) is 1.79. The molecule has 1 aliphatic heterocycles. The van der Waals surface area contributed by atoms with Gasteiger partial charge in [-0.25, -0.2) is 0 Å². The highest BCUT2D eigenvalue weighted by atomic mass is 32.2. The van der Waals surface area contributed by atoms with Gasteiger partial charge >= 0.3 is 0 Å². The van der Waals surface area contributed by atoms with Gasteiger partial charge in [0.25, 0.3) is 0 Å². The normalized spacial score (nSPS) is 27.0. The van der Waals surface area contributed by atoms with Crippen LogP contribution >= 0.6 is 11.8 Å². The van der Waals surface area contributed by atoms with Crippen molar-refractivity contribution in [2.24, 2.45) is 0 Å². The monoisotopic (exact) mass is 176 g/mol. The maximum atomic E-state index is 5.54. The van der Waals surface area contributed by atoms with Crippen molar-refractivity contribution in [1.29, 1.82) is 0 Å². The molecule has 1 saturated heterocycles. The highest BCUT2D eigenvalue weighted by molar-refractivity contribution is 7.99. The molecule has 0 aliphatic carbocycles. The second kappa shape index (κ2) is 5.01. The largest absolute Gasteiger partial charge is 0.352 e.